The minimum atomic E-state index is -4.50. The van der Waals surface area contributed by atoms with Gasteiger partial charge in [-0.25, -0.2) is 9.69 Å². The first-order valence-electron chi connectivity index (χ1n) is 6.22. The zero-order valence-corrected chi connectivity index (χ0v) is 11.7. The molecule has 2 rings (SSSR count). The van der Waals surface area contributed by atoms with Crippen molar-refractivity contribution in [2.24, 2.45) is 0 Å². The second kappa shape index (κ2) is 5.71. The van der Waals surface area contributed by atoms with Crippen molar-refractivity contribution in [1.29, 1.82) is 0 Å². The number of rotatable bonds is 3. The summed E-state index contributed by atoms with van der Waals surface area (Å²) in [5, 5.41) is 2.24. The van der Waals surface area contributed by atoms with Crippen LogP contribution in [0.15, 0.2) is 24.3 Å². The molecular formula is C13H10F3N3O4. The van der Waals surface area contributed by atoms with Crippen LogP contribution in [0, 0.1) is 0 Å². The quantitative estimate of drug-likeness (QED) is 0.664. The number of urea groups is 1. The number of nitrogens with zero attached hydrogens (tertiary/aromatic N) is 2. The lowest BCUT2D eigenvalue weighted by Gasteiger charge is -2.13. The van der Waals surface area contributed by atoms with Gasteiger partial charge in [0.2, 0.25) is 5.91 Å². The highest BCUT2D eigenvalue weighted by molar-refractivity contribution is 6.44. The summed E-state index contributed by atoms with van der Waals surface area (Å²) in [7, 11) is 1.09. The highest BCUT2D eigenvalue weighted by Crippen LogP contribution is 2.29. The second-order valence-corrected chi connectivity index (χ2v) is 4.66. The van der Waals surface area contributed by atoms with Crippen LogP contribution in [0.5, 0.6) is 0 Å². The molecular weight excluding hydrogens is 319 g/mol. The van der Waals surface area contributed by atoms with Gasteiger partial charge in [0.05, 0.1) is 5.56 Å². The smallest absolute Gasteiger partial charge is 0.325 e. The summed E-state index contributed by atoms with van der Waals surface area (Å²) >= 11 is 0. The van der Waals surface area contributed by atoms with Crippen molar-refractivity contribution in [3.05, 3.63) is 29.8 Å². The van der Waals surface area contributed by atoms with Gasteiger partial charge in [-0.15, -0.1) is 0 Å². The molecule has 0 radical (unpaired) electrons. The van der Waals surface area contributed by atoms with E-state index in [1.807, 2.05) is 0 Å². The summed E-state index contributed by atoms with van der Waals surface area (Å²) in [6.45, 7) is -0.714. The van der Waals surface area contributed by atoms with Crippen molar-refractivity contribution in [2.75, 3.05) is 18.9 Å². The molecule has 1 heterocycles. The van der Waals surface area contributed by atoms with Gasteiger partial charge < -0.3 is 5.32 Å². The zero-order valence-electron chi connectivity index (χ0n) is 11.7. The van der Waals surface area contributed by atoms with E-state index in [0.29, 0.717) is 9.80 Å². The Balaban J connectivity index is 2.02. The third kappa shape index (κ3) is 3.30. The first-order valence-corrected chi connectivity index (χ1v) is 6.22. The molecule has 10 heteroatoms. The van der Waals surface area contributed by atoms with E-state index in [-0.39, 0.29) is 5.69 Å². The van der Waals surface area contributed by atoms with Gasteiger partial charge in [0, 0.05) is 12.7 Å². The first kappa shape index (κ1) is 16.5. The Morgan fingerprint density at radius 3 is 2.09 bits per heavy atom. The number of amides is 5. The molecule has 122 valence electrons. The summed E-state index contributed by atoms with van der Waals surface area (Å²) < 4.78 is 37.2. The molecule has 0 bridgehead atoms. The third-order valence-electron chi connectivity index (χ3n) is 3.05. The van der Waals surface area contributed by atoms with Crippen molar-refractivity contribution >= 4 is 29.4 Å². The monoisotopic (exact) mass is 329 g/mol. The fourth-order valence-electron chi connectivity index (χ4n) is 1.84. The SMILES string of the molecule is CN1C(=O)C(=O)N(CC(=O)Nc2ccc(C(F)(F)F)cc2)C1=O. The van der Waals surface area contributed by atoms with Crippen LogP contribution in [0.2, 0.25) is 0 Å². The van der Waals surface area contributed by atoms with Crippen molar-refractivity contribution in [2.45, 2.75) is 6.18 Å². The molecule has 0 aromatic heterocycles. The van der Waals surface area contributed by atoms with Gasteiger partial charge in [-0.3, -0.25) is 19.3 Å². The van der Waals surface area contributed by atoms with E-state index in [1.54, 1.807) is 0 Å². The van der Waals surface area contributed by atoms with Crippen molar-refractivity contribution in [3.63, 3.8) is 0 Å². The summed E-state index contributed by atoms with van der Waals surface area (Å²) in [5.41, 5.74) is -0.825. The Kier molecular flexibility index (Phi) is 4.08. The number of benzene rings is 1. The Morgan fingerprint density at radius 1 is 1.09 bits per heavy atom. The minimum Gasteiger partial charge on any atom is -0.325 e. The van der Waals surface area contributed by atoms with E-state index in [1.165, 1.54) is 0 Å². The average molecular weight is 329 g/mol. The maximum absolute atomic E-state index is 12.4. The predicted octanol–water partition coefficient (Wildman–Crippen LogP) is 1.06. The van der Waals surface area contributed by atoms with Crippen LogP contribution in [-0.4, -0.2) is 47.1 Å². The number of halogens is 3. The largest absolute Gasteiger partial charge is 0.416 e. The van der Waals surface area contributed by atoms with Gasteiger partial charge in [0.25, 0.3) is 0 Å². The predicted molar refractivity (Wildman–Crippen MR) is 70.0 cm³/mol. The lowest BCUT2D eigenvalue weighted by atomic mass is 10.2. The standard InChI is InChI=1S/C13H10F3N3O4/c1-18-10(21)11(22)19(12(18)23)6-9(20)17-8-4-2-7(3-5-8)13(14,15)16/h2-5H,6H2,1H3,(H,17,20). The molecule has 0 atom stereocenters. The van der Waals surface area contributed by atoms with Crippen molar-refractivity contribution in [1.82, 2.24) is 9.80 Å². The topological polar surface area (TPSA) is 86.8 Å². The van der Waals surface area contributed by atoms with E-state index in [9.17, 15) is 32.3 Å². The van der Waals surface area contributed by atoms with Gasteiger partial charge in [0.1, 0.15) is 6.54 Å². The van der Waals surface area contributed by atoms with E-state index in [0.717, 1.165) is 31.3 Å². The number of likely N-dealkylation sites (N-methyl/N-ethyl adjacent to an activating group) is 1. The molecule has 1 N–H and O–H groups in total. The number of carbonyl (C=O) groups excluding carboxylic acids is 4. The molecule has 7 nitrogen and oxygen atoms in total. The molecule has 23 heavy (non-hydrogen) atoms. The molecule has 0 saturated carbocycles. The van der Waals surface area contributed by atoms with Crippen molar-refractivity contribution in [3.8, 4) is 0 Å². The zero-order chi connectivity index (χ0) is 17.4. The number of hydrogen-bond acceptors (Lipinski definition) is 4. The summed E-state index contributed by atoms with van der Waals surface area (Å²) in [4.78, 5) is 47.1. The van der Waals surface area contributed by atoms with E-state index in [4.69, 9.17) is 0 Å². The number of carbonyl (C=O) groups is 4. The molecule has 1 aliphatic heterocycles. The third-order valence-corrected chi connectivity index (χ3v) is 3.05. The maximum Gasteiger partial charge on any atom is 0.416 e. The molecule has 0 unspecified atom stereocenters. The highest BCUT2D eigenvalue weighted by atomic mass is 19.4. The van der Waals surface area contributed by atoms with Crippen LogP contribution < -0.4 is 5.32 Å². The number of nitrogens with one attached hydrogen (secondary N) is 1. The lowest BCUT2D eigenvalue weighted by Crippen LogP contribution is -2.38. The number of anilines is 1. The fourth-order valence-corrected chi connectivity index (χ4v) is 1.84. The van der Waals surface area contributed by atoms with Gasteiger partial charge >= 0.3 is 24.0 Å². The molecule has 0 spiro atoms. The van der Waals surface area contributed by atoms with Crippen LogP contribution in [0.3, 0.4) is 0 Å². The Hall–Kier alpha value is -2.91. The van der Waals surface area contributed by atoms with Gasteiger partial charge in [-0.2, -0.15) is 13.2 Å². The Morgan fingerprint density at radius 2 is 1.65 bits per heavy atom. The van der Waals surface area contributed by atoms with Gasteiger partial charge in [-0.1, -0.05) is 0 Å². The van der Waals surface area contributed by atoms with E-state index in [2.05, 4.69) is 5.32 Å². The van der Waals surface area contributed by atoms with Crippen LogP contribution in [0.1, 0.15) is 5.56 Å². The molecule has 1 aliphatic rings. The number of hydrogen-bond donors (Lipinski definition) is 1. The van der Waals surface area contributed by atoms with Crippen molar-refractivity contribution < 1.29 is 32.3 Å². The number of alkyl halides is 3. The Bertz CT molecular complexity index is 685. The van der Waals surface area contributed by atoms with Crippen LogP contribution >= 0.6 is 0 Å². The fraction of sp³-hybridized carbons (Fsp3) is 0.231. The minimum absolute atomic E-state index is 0.0572. The van der Waals surface area contributed by atoms with E-state index >= 15 is 0 Å². The highest BCUT2D eigenvalue weighted by Gasteiger charge is 2.43. The maximum atomic E-state index is 12.4. The number of imide groups is 2. The summed E-state index contributed by atoms with van der Waals surface area (Å²) in [6.07, 6.45) is -4.50. The molecule has 1 aromatic rings. The van der Waals surface area contributed by atoms with E-state index < -0.39 is 42.0 Å². The second-order valence-electron chi connectivity index (χ2n) is 4.66. The normalized spacial score (nSPS) is 15.4. The summed E-state index contributed by atoms with van der Waals surface area (Å²) in [6, 6.07) is 2.68. The van der Waals surface area contributed by atoms with Crippen LogP contribution in [0.25, 0.3) is 0 Å². The first-order chi connectivity index (χ1) is 10.6. The molecule has 0 aliphatic carbocycles. The van der Waals surface area contributed by atoms with Gasteiger partial charge in [0.15, 0.2) is 0 Å². The molecule has 1 saturated heterocycles. The molecule has 1 fully saturated rings. The van der Waals surface area contributed by atoms with Crippen LogP contribution in [-0.2, 0) is 20.6 Å². The molecule has 1 aromatic carbocycles. The molecule has 5 amide bonds. The van der Waals surface area contributed by atoms with Crippen LogP contribution in [0.4, 0.5) is 23.7 Å². The summed E-state index contributed by atoms with van der Waals surface area (Å²) in [5.74, 6) is -3.02. The Labute approximate surface area is 127 Å². The van der Waals surface area contributed by atoms with Gasteiger partial charge in [-0.05, 0) is 24.3 Å². The average Bonchev–Trinajstić information content (AvgIpc) is 2.65. The lowest BCUT2D eigenvalue weighted by molar-refractivity contribution is -0.143.